The van der Waals surface area contributed by atoms with E-state index in [-0.39, 0.29) is 40.7 Å². The molecule has 0 unspecified atom stereocenters. The van der Waals surface area contributed by atoms with E-state index in [4.69, 9.17) is 4.42 Å². The third-order valence-corrected chi connectivity index (χ3v) is 5.59. The predicted molar refractivity (Wildman–Crippen MR) is 113 cm³/mol. The van der Waals surface area contributed by atoms with Crippen LogP contribution in [0.15, 0.2) is 57.9 Å². The number of carbonyl (C=O) groups is 1. The van der Waals surface area contributed by atoms with Gasteiger partial charge in [0.05, 0.1) is 11.6 Å². The number of carbonyl (C=O) groups excluding carboxylic acids is 1. The van der Waals surface area contributed by atoms with Crippen LogP contribution in [0.5, 0.6) is 0 Å². The molecule has 1 aromatic heterocycles. The Kier molecular flexibility index (Phi) is 7.00. The van der Waals surface area contributed by atoms with Gasteiger partial charge in [0.1, 0.15) is 17.2 Å². The monoisotopic (exact) mass is 433 g/mol. The highest BCUT2D eigenvalue weighted by Gasteiger charge is 2.25. The maximum absolute atomic E-state index is 13.4. The molecule has 4 rings (SSSR count). The second-order valence-corrected chi connectivity index (χ2v) is 7.47. The van der Waals surface area contributed by atoms with Crippen molar-refractivity contribution < 1.29 is 18.0 Å². The smallest absolute Gasteiger partial charge is 0.195 e. The minimum absolute atomic E-state index is 0. The van der Waals surface area contributed by atoms with Gasteiger partial charge in [-0.05, 0) is 74.8 Å². The van der Waals surface area contributed by atoms with E-state index in [0.29, 0.717) is 29.7 Å². The lowest BCUT2D eigenvalue weighted by atomic mass is 9.89. The standard InChI is InChI=1S/C23H21F2NO3.ClH/c24-18-3-1-15(2-4-18)22(27)16-7-10-26(11-8-16)12-9-17-14-29-21-6-5-19(25)13-20(21)23(17)28;/h1-6,13-14,16H,7-12H2;1H. The molecule has 7 heteroatoms. The highest BCUT2D eigenvalue weighted by molar-refractivity contribution is 5.97. The first-order valence-electron chi connectivity index (χ1n) is 9.73. The zero-order valence-corrected chi connectivity index (χ0v) is 17.1. The summed E-state index contributed by atoms with van der Waals surface area (Å²) in [5, 5.41) is 0.256. The molecule has 0 radical (unpaired) electrons. The van der Waals surface area contributed by atoms with Crippen LogP contribution < -0.4 is 5.43 Å². The molecule has 1 saturated heterocycles. The third-order valence-electron chi connectivity index (χ3n) is 5.59. The number of halogens is 3. The maximum atomic E-state index is 13.4. The Balaban J connectivity index is 0.00000256. The number of hydrogen-bond donors (Lipinski definition) is 0. The number of likely N-dealkylation sites (tertiary alicyclic amines) is 1. The molecule has 0 aliphatic carbocycles. The van der Waals surface area contributed by atoms with E-state index < -0.39 is 5.82 Å². The first-order valence-corrected chi connectivity index (χ1v) is 9.73. The van der Waals surface area contributed by atoms with Crippen molar-refractivity contribution in [3.05, 3.63) is 81.7 Å². The number of rotatable bonds is 5. The van der Waals surface area contributed by atoms with Crippen LogP contribution >= 0.6 is 12.4 Å². The molecule has 1 fully saturated rings. The average Bonchev–Trinajstić information content (AvgIpc) is 2.74. The summed E-state index contributed by atoms with van der Waals surface area (Å²) in [6, 6.07) is 9.61. The van der Waals surface area contributed by atoms with E-state index in [1.54, 1.807) is 0 Å². The summed E-state index contributed by atoms with van der Waals surface area (Å²) in [6.07, 6.45) is 3.42. The second kappa shape index (κ2) is 9.49. The van der Waals surface area contributed by atoms with E-state index in [1.165, 1.54) is 48.7 Å². The van der Waals surface area contributed by atoms with E-state index in [1.807, 2.05) is 0 Å². The van der Waals surface area contributed by atoms with Crippen LogP contribution in [0.1, 0.15) is 28.8 Å². The molecule has 0 spiro atoms. The largest absolute Gasteiger partial charge is 0.464 e. The van der Waals surface area contributed by atoms with Gasteiger partial charge in [0, 0.05) is 23.6 Å². The molecule has 1 aliphatic heterocycles. The van der Waals surface area contributed by atoms with E-state index in [0.717, 1.165) is 25.9 Å². The number of fused-ring (bicyclic) bond motifs is 1. The number of benzene rings is 2. The first-order chi connectivity index (χ1) is 14.0. The van der Waals surface area contributed by atoms with Crippen LogP contribution in [0.4, 0.5) is 8.78 Å². The van der Waals surface area contributed by atoms with Gasteiger partial charge in [0.15, 0.2) is 11.2 Å². The van der Waals surface area contributed by atoms with Crippen molar-refractivity contribution in [2.24, 2.45) is 5.92 Å². The predicted octanol–water partition coefficient (Wildman–Crippen LogP) is 4.63. The van der Waals surface area contributed by atoms with Crippen molar-refractivity contribution in [2.75, 3.05) is 19.6 Å². The van der Waals surface area contributed by atoms with Gasteiger partial charge in [-0.2, -0.15) is 0 Å². The van der Waals surface area contributed by atoms with Crippen molar-refractivity contribution in [3.8, 4) is 0 Å². The van der Waals surface area contributed by atoms with Crippen molar-refractivity contribution in [2.45, 2.75) is 19.3 Å². The molecular formula is C23H22ClF2NO3. The fraction of sp³-hybridized carbons (Fsp3) is 0.304. The summed E-state index contributed by atoms with van der Waals surface area (Å²) >= 11 is 0. The average molecular weight is 434 g/mol. The van der Waals surface area contributed by atoms with Crippen molar-refractivity contribution >= 4 is 29.2 Å². The van der Waals surface area contributed by atoms with Gasteiger partial charge in [-0.1, -0.05) is 0 Å². The summed E-state index contributed by atoms with van der Waals surface area (Å²) in [4.78, 5) is 27.3. The fourth-order valence-electron chi connectivity index (χ4n) is 3.86. The number of ketones is 1. The van der Waals surface area contributed by atoms with Crippen molar-refractivity contribution in [1.29, 1.82) is 0 Å². The van der Waals surface area contributed by atoms with Gasteiger partial charge >= 0.3 is 0 Å². The Bertz CT molecular complexity index is 1090. The Morgan fingerprint density at radius 3 is 2.40 bits per heavy atom. The van der Waals surface area contributed by atoms with Gasteiger partial charge in [-0.25, -0.2) is 8.78 Å². The SMILES string of the molecule is Cl.O=C(c1ccc(F)cc1)C1CCN(CCc2coc3ccc(F)cc3c2=O)CC1. The fourth-order valence-corrected chi connectivity index (χ4v) is 3.86. The van der Waals surface area contributed by atoms with Gasteiger partial charge in [0.2, 0.25) is 0 Å². The summed E-state index contributed by atoms with van der Waals surface area (Å²) in [5.74, 6) is -0.820. The van der Waals surface area contributed by atoms with Crippen LogP contribution in [0.25, 0.3) is 11.0 Å². The molecule has 0 atom stereocenters. The van der Waals surface area contributed by atoms with Gasteiger partial charge in [-0.15, -0.1) is 12.4 Å². The lowest BCUT2D eigenvalue weighted by Gasteiger charge is -2.31. The summed E-state index contributed by atoms with van der Waals surface area (Å²) in [6.45, 7) is 2.18. The van der Waals surface area contributed by atoms with E-state index in [9.17, 15) is 18.4 Å². The Hall–Kier alpha value is -2.57. The summed E-state index contributed by atoms with van der Waals surface area (Å²) in [5.41, 5.74) is 1.24. The molecule has 1 aliphatic rings. The van der Waals surface area contributed by atoms with E-state index >= 15 is 0 Å². The topological polar surface area (TPSA) is 50.5 Å². The molecule has 0 bridgehead atoms. The first kappa shape index (κ1) is 22.1. The van der Waals surface area contributed by atoms with Gasteiger partial charge in [-0.3, -0.25) is 9.59 Å². The molecule has 0 N–H and O–H groups in total. The molecule has 2 aromatic carbocycles. The molecule has 4 nitrogen and oxygen atoms in total. The minimum atomic E-state index is -0.463. The highest BCUT2D eigenvalue weighted by atomic mass is 35.5. The molecule has 30 heavy (non-hydrogen) atoms. The zero-order chi connectivity index (χ0) is 20.4. The molecule has 0 saturated carbocycles. The number of Topliss-reactive ketones (excluding diaryl/α,β-unsaturated/α-hetero) is 1. The minimum Gasteiger partial charge on any atom is -0.464 e. The van der Waals surface area contributed by atoms with Crippen molar-refractivity contribution in [3.63, 3.8) is 0 Å². The van der Waals surface area contributed by atoms with Gasteiger partial charge in [0.25, 0.3) is 0 Å². The maximum Gasteiger partial charge on any atom is 0.195 e. The van der Waals surface area contributed by atoms with Crippen LogP contribution in [0.2, 0.25) is 0 Å². The Labute approximate surface area is 178 Å². The lowest BCUT2D eigenvalue weighted by Crippen LogP contribution is -2.37. The Morgan fingerprint density at radius 2 is 1.70 bits per heavy atom. The Morgan fingerprint density at radius 1 is 1.03 bits per heavy atom. The number of piperidine rings is 1. The highest BCUT2D eigenvalue weighted by Crippen LogP contribution is 2.22. The zero-order valence-electron chi connectivity index (χ0n) is 16.3. The lowest BCUT2D eigenvalue weighted by molar-refractivity contribution is 0.0841. The normalized spacial score (nSPS) is 15.1. The van der Waals surface area contributed by atoms with Crippen LogP contribution in [-0.2, 0) is 6.42 Å². The third kappa shape index (κ3) is 4.77. The van der Waals surface area contributed by atoms with Crippen LogP contribution in [0.3, 0.4) is 0 Å². The molecular weight excluding hydrogens is 412 g/mol. The number of hydrogen-bond acceptors (Lipinski definition) is 4. The van der Waals surface area contributed by atoms with E-state index in [2.05, 4.69) is 4.90 Å². The quantitative estimate of drug-likeness (QED) is 0.550. The summed E-state index contributed by atoms with van der Waals surface area (Å²) in [7, 11) is 0. The molecule has 3 aromatic rings. The van der Waals surface area contributed by atoms with Crippen LogP contribution in [-0.4, -0.2) is 30.3 Å². The number of nitrogens with zero attached hydrogens (tertiary/aromatic N) is 1. The summed E-state index contributed by atoms with van der Waals surface area (Å²) < 4.78 is 31.9. The van der Waals surface area contributed by atoms with Crippen molar-refractivity contribution in [1.82, 2.24) is 4.90 Å². The molecule has 0 amide bonds. The molecule has 158 valence electrons. The second-order valence-electron chi connectivity index (χ2n) is 7.47. The van der Waals surface area contributed by atoms with Gasteiger partial charge < -0.3 is 9.32 Å². The van der Waals surface area contributed by atoms with Crippen LogP contribution in [0, 0.1) is 17.6 Å². The molecule has 2 heterocycles.